The van der Waals surface area contributed by atoms with Crippen LogP contribution in [0.3, 0.4) is 0 Å². The molecule has 0 rings (SSSR count). The van der Waals surface area contributed by atoms with Gasteiger partial charge in [0, 0.05) is 28.8 Å². The molecule has 156 valence electrons. The average molecular weight is 462 g/mol. The molecule has 0 heterocycles. The summed E-state index contributed by atoms with van der Waals surface area (Å²) in [5.74, 6) is 0.643. The third-order valence-electron chi connectivity index (χ3n) is 1.85. The number of hydrogen-bond acceptors (Lipinski definition) is 12. The first-order valence-electron chi connectivity index (χ1n) is 6.91. The Morgan fingerprint density at radius 2 is 1.20 bits per heavy atom. The first-order chi connectivity index (χ1) is 11.6. The zero-order chi connectivity index (χ0) is 20.8. The van der Waals surface area contributed by atoms with Gasteiger partial charge in [-0.15, -0.1) is 0 Å². The molecule has 4 atom stereocenters. The van der Waals surface area contributed by atoms with Crippen LogP contribution in [0, 0.1) is 0 Å². The molecule has 0 aromatic carbocycles. The van der Waals surface area contributed by atoms with Crippen LogP contribution in [0.15, 0.2) is 0 Å². The molecule has 0 radical (unpaired) electrons. The maximum atomic E-state index is 9.76. The summed E-state index contributed by atoms with van der Waals surface area (Å²) >= 11 is 18.5. The molecule has 13 heteroatoms. The van der Waals surface area contributed by atoms with Gasteiger partial charge in [0.15, 0.2) is 0 Å². The summed E-state index contributed by atoms with van der Waals surface area (Å²) in [7, 11) is 0. The number of thiol groups is 5. The van der Waals surface area contributed by atoms with E-state index in [1.165, 1.54) is 0 Å². The van der Waals surface area contributed by atoms with Crippen LogP contribution < -0.4 is 5.73 Å². The van der Waals surface area contributed by atoms with Crippen molar-refractivity contribution in [1.82, 2.24) is 0 Å². The monoisotopic (exact) mass is 461 g/mol. The van der Waals surface area contributed by atoms with Crippen molar-refractivity contribution in [3.05, 3.63) is 0 Å². The molecule has 0 saturated heterocycles. The zero-order valence-electron chi connectivity index (χ0n) is 13.7. The number of carboxylic acid groups (broad SMARTS) is 1. The Morgan fingerprint density at radius 3 is 1.24 bits per heavy atom. The van der Waals surface area contributed by atoms with Gasteiger partial charge in [-0.05, 0) is 0 Å². The van der Waals surface area contributed by atoms with E-state index in [-0.39, 0.29) is 30.5 Å². The van der Waals surface area contributed by atoms with E-state index < -0.39 is 30.3 Å². The molecular formula is C12H31NO7S5. The van der Waals surface area contributed by atoms with E-state index in [0.717, 1.165) is 0 Å². The Labute approximate surface area is 176 Å². The molecule has 0 fully saturated rings. The van der Waals surface area contributed by atoms with Gasteiger partial charge in [0.1, 0.15) is 6.04 Å². The van der Waals surface area contributed by atoms with E-state index in [4.69, 9.17) is 36.4 Å². The Balaban J connectivity index is -0.000000121. The van der Waals surface area contributed by atoms with E-state index in [0.29, 0.717) is 11.5 Å². The lowest BCUT2D eigenvalue weighted by Gasteiger charge is -2.11. The summed E-state index contributed by atoms with van der Waals surface area (Å²) in [5.41, 5.74) is 4.94. The Morgan fingerprint density at radius 1 is 0.840 bits per heavy atom. The van der Waals surface area contributed by atoms with Crippen molar-refractivity contribution in [2.24, 2.45) is 5.73 Å². The van der Waals surface area contributed by atoms with Crippen LogP contribution in [0.1, 0.15) is 0 Å². The number of hydrogen-bond donors (Lipinski definition) is 12. The lowest BCUT2D eigenvalue weighted by atomic mass is 10.3. The van der Waals surface area contributed by atoms with E-state index in [1.54, 1.807) is 0 Å². The fraction of sp³-hybridized carbons (Fsp3) is 0.917. The van der Waals surface area contributed by atoms with Crippen molar-refractivity contribution in [2.45, 2.75) is 24.4 Å². The van der Waals surface area contributed by atoms with Crippen molar-refractivity contribution < 1.29 is 35.4 Å². The molecule has 8 N–H and O–H groups in total. The molecule has 0 aliphatic heterocycles. The average Bonchev–Trinajstić information content (AvgIpc) is 2.65. The third-order valence-corrected chi connectivity index (χ3v) is 3.62. The minimum Gasteiger partial charge on any atom is -0.480 e. The molecule has 8 nitrogen and oxygen atoms in total. The van der Waals surface area contributed by atoms with Crippen molar-refractivity contribution in [3.63, 3.8) is 0 Å². The number of aliphatic carboxylic acids is 1. The Kier molecular flexibility index (Phi) is 36.5. The molecule has 0 spiro atoms. The van der Waals surface area contributed by atoms with Gasteiger partial charge >= 0.3 is 5.97 Å². The molecule has 0 saturated carbocycles. The number of carbonyl (C=O) groups is 1. The fourth-order valence-electron chi connectivity index (χ4n) is 0.379. The highest BCUT2D eigenvalue weighted by atomic mass is 32.1. The lowest BCUT2D eigenvalue weighted by Crippen LogP contribution is -2.31. The highest BCUT2D eigenvalue weighted by Crippen LogP contribution is 1.96. The smallest absolute Gasteiger partial charge is 0.321 e. The number of aliphatic hydroxyl groups is 5. The van der Waals surface area contributed by atoms with Crippen LogP contribution in [0.25, 0.3) is 0 Å². The maximum Gasteiger partial charge on any atom is 0.321 e. The standard InChI is InChI=1S/C4H10O2S2.C3H7NO2S.C3H8O2S.C2H6OS/c5-3(1-7)4(6)2-8;4-2(1-7)3(5)6;4-1-3(5)2-6;3-1-2-4/h3-8H,1-2H2;2,7H,1,4H2,(H,5,6);3-6H,1-2H2;3-4H,1-2H2. The van der Waals surface area contributed by atoms with Gasteiger partial charge < -0.3 is 36.4 Å². The normalized spacial score (nSPS) is 14.2. The summed E-state index contributed by atoms with van der Waals surface area (Å²) in [4.78, 5) is 9.76. The molecule has 0 aromatic rings. The van der Waals surface area contributed by atoms with Crippen LogP contribution in [0.5, 0.6) is 0 Å². The number of aliphatic hydroxyl groups excluding tert-OH is 5. The topological polar surface area (TPSA) is 164 Å². The first-order valence-corrected chi connectivity index (χ1v) is 10.1. The minimum atomic E-state index is -1.00. The van der Waals surface area contributed by atoms with Gasteiger partial charge in [-0.1, -0.05) is 0 Å². The van der Waals surface area contributed by atoms with Crippen LogP contribution in [0.2, 0.25) is 0 Å². The summed E-state index contributed by atoms with van der Waals surface area (Å²) < 4.78 is 0. The largest absolute Gasteiger partial charge is 0.480 e. The van der Waals surface area contributed by atoms with E-state index >= 15 is 0 Å². The van der Waals surface area contributed by atoms with Gasteiger partial charge in [0.25, 0.3) is 0 Å². The van der Waals surface area contributed by atoms with E-state index in [2.05, 4.69) is 63.1 Å². The summed E-state index contributed by atoms with van der Waals surface area (Å²) in [6.45, 7) is -0.00733. The van der Waals surface area contributed by atoms with Crippen LogP contribution in [0.4, 0.5) is 0 Å². The van der Waals surface area contributed by atoms with Crippen molar-refractivity contribution >= 4 is 69.1 Å². The van der Waals surface area contributed by atoms with Gasteiger partial charge in [-0.3, -0.25) is 4.79 Å². The highest BCUT2D eigenvalue weighted by molar-refractivity contribution is 7.81. The molecule has 0 aromatic heterocycles. The molecule has 4 unspecified atom stereocenters. The number of carboxylic acids is 1. The van der Waals surface area contributed by atoms with Crippen molar-refractivity contribution in [2.75, 3.05) is 42.0 Å². The van der Waals surface area contributed by atoms with Crippen LogP contribution in [-0.2, 0) is 4.79 Å². The van der Waals surface area contributed by atoms with Gasteiger partial charge in [0.05, 0.1) is 31.5 Å². The van der Waals surface area contributed by atoms with Gasteiger partial charge in [-0.2, -0.15) is 63.1 Å². The molecule has 25 heavy (non-hydrogen) atoms. The van der Waals surface area contributed by atoms with Crippen LogP contribution >= 0.6 is 63.1 Å². The predicted octanol–water partition coefficient (Wildman–Crippen LogP) is -1.93. The van der Waals surface area contributed by atoms with Crippen molar-refractivity contribution in [1.29, 1.82) is 0 Å². The second-order valence-corrected chi connectivity index (χ2v) is 6.00. The summed E-state index contributed by atoms with van der Waals surface area (Å²) in [5, 5.41) is 49.7. The first kappa shape index (κ1) is 33.6. The molecular weight excluding hydrogens is 430 g/mol. The summed E-state index contributed by atoms with van der Waals surface area (Å²) in [6.07, 6.45) is -2.13. The molecule has 0 amide bonds. The fourth-order valence-corrected chi connectivity index (χ4v) is 1.14. The number of rotatable bonds is 8. The van der Waals surface area contributed by atoms with E-state index in [9.17, 15) is 4.79 Å². The second-order valence-electron chi connectivity index (χ2n) is 4.09. The van der Waals surface area contributed by atoms with Gasteiger partial charge in [0.2, 0.25) is 0 Å². The quantitative estimate of drug-likeness (QED) is 0.186. The molecule has 0 aliphatic rings. The lowest BCUT2D eigenvalue weighted by molar-refractivity contribution is -0.137. The van der Waals surface area contributed by atoms with E-state index in [1.807, 2.05) is 0 Å². The molecule has 0 aliphatic carbocycles. The Bertz CT molecular complexity index is 256. The number of nitrogens with two attached hydrogens (primary N) is 1. The van der Waals surface area contributed by atoms with Crippen molar-refractivity contribution in [3.8, 4) is 0 Å². The van der Waals surface area contributed by atoms with Gasteiger partial charge in [-0.25, -0.2) is 0 Å². The van der Waals surface area contributed by atoms with Crippen LogP contribution in [-0.4, -0.2) is 103 Å². The SMILES string of the molecule is NC(CS)C(=O)O.OC(CS)C(O)CS.OCC(O)CS.OCCS. The maximum absolute atomic E-state index is 9.76. The summed E-state index contributed by atoms with van der Waals surface area (Å²) in [6, 6.07) is -0.816. The predicted molar refractivity (Wildman–Crippen MR) is 117 cm³/mol. The molecule has 0 bridgehead atoms. The zero-order valence-corrected chi connectivity index (χ0v) is 18.1. The minimum absolute atomic E-state index is 0.184. The second kappa shape index (κ2) is 27.2. The highest BCUT2D eigenvalue weighted by Gasteiger charge is 2.10. The Hall–Kier alpha value is 0.980. The third kappa shape index (κ3) is 33.0.